The molecule has 2 aromatic carbocycles. The van der Waals surface area contributed by atoms with Crippen molar-refractivity contribution in [3.8, 4) is 17.5 Å². The van der Waals surface area contributed by atoms with Gasteiger partial charge >= 0.3 is 0 Å². The summed E-state index contributed by atoms with van der Waals surface area (Å²) in [6.45, 7) is 11.4. The largest absolute Gasteiger partial charge is 0.497 e. The van der Waals surface area contributed by atoms with Crippen molar-refractivity contribution in [1.82, 2.24) is 20.4 Å². The molecule has 0 radical (unpaired) electrons. The summed E-state index contributed by atoms with van der Waals surface area (Å²) >= 11 is 0. The summed E-state index contributed by atoms with van der Waals surface area (Å²) in [5.74, 6) is 1.67. The van der Waals surface area contributed by atoms with Crippen LogP contribution in [0.1, 0.15) is 113 Å². The fourth-order valence-electron chi connectivity index (χ4n) is 5.88. The number of aromatic nitrogens is 2. The molecule has 1 aliphatic rings. The lowest BCUT2D eigenvalue weighted by molar-refractivity contribution is -0.122. The number of methoxy groups -OCH3 is 2. The monoisotopic (exact) mass is 703 g/mol. The van der Waals surface area contributed by atoms with E-state index in [1.807, 2.05) is 35.1 Å². The van der Waals surface area contributed by atoms with Gasteiger partial charge in [0.05, 0.1) is 43.3 Å². The molecule has 280 valence electrons. The minimum Gasteiger partial charge on any atom is -0.497 e. The van der Waals surface area contributed by atoms with E-state index in [-0.39, 0.29) is 5.91 Å². The van der Waals surface area contributed by atoms with Crippen molar-refractivity contribution in [1.29, 1.82) is 5.26 Å². The molecule has 1 atom stereocenters. The molecule has 0 spiro atoms. The Bertz CT molecular complexity index is 1470. The summed E-state index contributed by atoms with van der Waals surface area (Å²) in [6, 6.07) is 13.8. The fourth-order valence-corrected chi connectivity index (χ4v) is 5.88. The number of carbonyl (C=O) groups excluding carboxylic acids is 2. The van der Waals surface area contributed by atoms with E-state index in [2.05, 4.69) is 67.8 Å². The van der Waals surface area contributed by atoms with Gasteiger partial charge in [-0.25, -0.2) is 4.68 Å². The second-order valence-electron chi connectivity index (χ2n) is 13.2. The van der Waals surface area contributed by atoms with Gasteiger partial charge in [-0.15, -0.1) is 0 Å². The number of hydrogen-bond donors (Lipinski definition) is 2. The predicted molar refractivity (Wildman–Crippen MR) is 203 cm³/mol. The highest BCUT2D eigenvalue weighted by molar-refractivity contribution is 5.81. The van der Waals surface area contributed by atoms with Gasteiger partial charge in [0.2, 0.25) is 5.91 Å². The summed E-state index contributed by atoms with van der Waals surface area (Å²) in [5.41, 5.74) is 6.12. The topological polar surface area (TPSA) is 128 Å². The van der Waals surface area contributed by atoms with Crippen molar-refractivity contribution in [2.45, 2.75) is 111 Å². The number of nitrogens with one attached hydrogen (secondary N) is 2. The van der Waals surface area contributed by atoms with E-state index in [4.69, 9.17) is 14.2 Å². The first-order chi connectivity index (χ1) is 24.7. The Kier molecular flexibility index (Phi) is 21.1. The third kappa shape index (κ3) is 15.4. The van der Waals surface area contributed by atoms with Crippen LogP contribution in [0.25, 0.3) is 5.69 Å². The number of benzene rings is 2. The van der Waals surface area contributed by atoms with Crippen molar-refractivity contribution in [3.05, 3.63) is 76.6 Å². The molecule has 0 bridgehead atoms. The zero-order valence-corrected chi connectivity index (χ0v) is 32.0. The zero-order valence-electron chi connectivity index (χ0n) is 32.0. The number of nitrogens with zero attached hydrogens (tertiary/aromatic N) is 3. The minimum absolute atomic E-state index is 0.127. The minimum atomic E-state index is -0.406. The molecule has 0 aliphatic carbocycles. The highest BCUT2D eigenvalue weighted by atomic mass is 16.5. The van der Waals surface area contributed by atoms with Crippen molar-refractivity contribution in [3.63, 3.8) is 0 Å². The van der Waals surface area contributed by atoms with Crippen molar-refractivity contribution < 1.29 is 23.8 Å². The molecular formula is C41H61N5O5. The number of hydrogen-bond acceptors (Lipinski definition) is 8. The van der Waals surface area contributed by atoms with Crippen molar-refractivity contribution in [2.24, 2.45) is 5.92 Å². The van der Waals surface area contributed by atoms with E-state index in [1.54, 1.807) is 21.3 Å². The number of nitriles is 1. The Morgan fingerprint density at radius 2 is 1.82 bits per heavy atom. The lowest BCUT2D eigenvalue weighted by Gasteiger charge is -2.23. The van der Waals surface area contributed by atoms with Crippen LogP contribution in [0, 0.1) is 17.2 Å². The van der Waals surface area contributed by atoms with E-state index in [9.17, 15) is 14.9 Å². The summed E-state index contributed by atoms with van der Waals surface area (Å²) in [5, 5.41) is 19.8. The van der Waals surface area contributed by atoms with Crippen LogP contribution in [0.3, 0.4) is 0 Å². The van der Waals surface area contributed by atoms with E-state index in [0.29, 0.717) is 37.8 Å². The van der Waals surface area contributed by atoms with Gasteiger partial charge in [-0.3, -0.25) is 4.79 Å². The smallest absolute Gasteiger partial charge is 0.236 e. The van der Waals surface area contributed by atoms with Gasteiger partial charge in [-0.05, 0) is 84.0 Å². The number of unbranched alkanes of at least 4 members (excludes halogenated alkanes) is 3. The molecule has 0 saturated carbocycles. The van der Waals surface area contributed by atoms with Gasteiger partial charge in [0.25, 0.3) is 0 Å². The molecule has 1 fully saturated rings. The maximum atomic E-state index is 11.8. The lowest BCUT2D eigenvalue weighted by Crippen LogP contribution is -2.42. The molecule has 2 N–H and O–H groups in total. The number of likely N-dealkylation sites (N-methyl/N-ethyl adjacent to an activating group) is 1. The van der Waals surface area contributed by atoms with E-state index in [0.717, 1.165) is 72.5 Å². The highest BCUT2D eigenvalue weighted by Crippen LogP contribution is 2.30. The van der Waals surface area contributed by atoms with Crippen molar-refractivity contribution >= 4 is 12.2 Å². The zero-order chi connectivity index (χ0) is 37.4. The normalized spacial score (nSPS) is 13.2. The average Bonchev–Trinajstić information content (AvgIpc) is 3.62. The van der Waals surface area contributed by atoms with Gasteiger partial charge in [-0.2, -0.15) is 10.4 Å². The summed E-state index contributed by atoms with van der Waals surface area (Å²) in [7, 11) is 4.83. The molecule has 3 aromatic rings. The van der Waals surface area contributed by atoms with Gasteiger partial charge < -0.3 is 29.6 Å². The molecule has 1 aliphatic heterocycles. The molecule has 2 heterocycles. The Morgan fingerprint density at radius 1 is 1.10 bits per heavy atom. The van der Waals surface area contributed by atoms with Gasteiger partial charge in [-0.1, -0.05) is 65.5 Å². The maximum absolute atomic E-state index is 11.8. The maximum Gasteiger partial charge on any atom is 0.236 e. The van der Waals surface area contributed by atoms with E-state index < -0.39 is 6.04 Å². The van der Waals surface area contributed by atoms with Crippen LogP contribution in [0.4, 0.5) is 0 Å². The molecule has 1 unspecified atom stereocenters. The Hall–Kier alpha value is -4.04. The SMILES string of the molecule is CC(C)Cc1cnn(-c2ccc(C3CCOCC3)c(C#N)c2)c1.CCCCCC.CNC(=O)C(CCC=O)NCc1cc(OC)ccc1COC. The quantitative estimate of drug-likeness (QED) is 0.110. The summed E-state index contributed by atoms with van der Waals surface area (Å²) in [4.78, 5) is 22.4. The van der Waals surface area contributed by atoms with Crippen LogP contribution in [0.15, 0.2) is 48.8 Å². The predicted octanol–water partition coefficient (Wildman–Crippen LogP) is 7.45. The second kappa shape index (κ2) is 25.0. The van der Waals surface area contributed by atoms with Crippen LogP contribution in [-0.2, 0) is 38.6 Å². The summed E-state index contributed by atoms with van der Waals surface area (Å²) in [6.07, 6.45) is 14.1. The summed E-state index contributed by atoms with van der Waals surface area (Å²) < 4.78 is 17.7. The van der Waals surface area contributed by atoms with E-state index in [1.165, 1.54) is 31.2 Å². The van der Waals surface area contributed by atoms with Gasteiger partial charge in [0, 0.05) is 46.5 Å². The Balaban J connectivity index is 0.000000306. The molecule has 10 nitrogen and oxygen atoms in total. The first kappa shape index (κ1) is 43.1. The van der Waals surface area contributed by atoms with Gasteiger partial charge in [0.15, 0.2) is 0 Å². The molecule has 10 heteroatoms. The standard InChI is InChI=1S/C19H23N3O.C16H24N2O4.C6H14/c1-14(2)9-15-12-21-22(13-15)18-3-4-19(17(10-18)11-20)16-5-7-23-8-6-16;1-17-16(20)15(5-4-8-19)18-10-13-9-14(22-3)7-6-12(13)11-21-2;1-3-5-6-4-2/h3-4,10,12-14,16H,5-9H2,1-2H3;6-9,15,18H,4-5,10-11H2,1-3H3,(H,17,20);3-6H2,1-2H3. The van der Waals surface area contributed by atoms with Gasteiger partial charge in [0.1, 0.15) is 12.0 Å². The third-order valence-electron chi connectivity index (χ3n) is 8.71. The average molecular weight is 704 g/mol. The second-order valence-corrected chi connectivity index (χ2v) is 13.2. The third-order valence-corrected chi connectivity index (χ3v) is 8.71. The number of rotatable bonds is 17. The van der Waals surface area contributed by atoms with Crippen molar-refractivity contribution in [2.75, 3.05) is 34.5 Å². The number of carbonyl (C=O) groups is 2. The lowest BCUT2D eigenvalue weighted by atomic mass is 9.88. The molecule has 51 heavy (non-hydrogen) atoms. The first-order valence-corrected chi connectivity index (χ1v) is 18.4. The Labute approximate surface area is 306 Å². The van der Waals surface area contributed by atoms with E-state index >= 15 is 0 Å². The first-order valence-electron chi connectivity index (χ1n) is 18.4. The van der Waals surface area contributed by atoms with Crippen LogP contribution >= 0.6 is 0 Å². The number of amides is 1. The molecule has 1 aromatic heterocycles. The molecule has 1 saturated heterocycles. The molecule has 1 amide bonds. The highest BCUT2D eigenvalue weighted by Gasteiger charge is 2.20. The molecular weight excluding hydrogens is 642 g/mol. The Morgan fingerprint density at radius 3 is 2.41 bits per heavy atom. The van der Waals surface area contributed by atoms with Crippen LogP contribution in [0.2, 0.25) is 0 Å². The van der Waals surface area contributed by atoms with Crippen LogP contribution < -0.4 is 15.4 Å². The molecule has 4 rings (SSSR count). The fraction of sp³-hybridized carbons (Fsp3) is 0.561. The van der Waals surface area contributed by atoms with Crippen LogP contribution in [0.5, 0.6) is 5.75 Å². The van der Waals surface area contributed by atoms with Crippen LogP contribution in [-0.4, -0.2) is 62.5 Å². The number of aldehydes is 1. The number of ether oxygens (including phenoxy) is 3.